The molecule has 156 valence electrons. The van der Waals surface area contributed by atoms with E-state index in [2.05, 4.69) is 0 Å². The van der Waals surface area contributed by atoms with Crippen molar-refractivity contribution in [1.82, 2.24) is 4.90 Å². The number of carbonyl (C=O) groups excluding carboxylic acids is 2. The Morgan fingerprint density at radius 2 is 1.71 bits per heavy atom. The van der Waals surface area contributed by atoms with Gasteiger partial charge in [0.2, 0.25) is 0 Å². The predicted molar refractivity (Wildman–Crippen MR) is 119 cm³/mol. The van der Waals surface area contributed by atoms with E-state index in [-0.39, 0.29) is 17.9 Å². The van der Waals surface area contributed by atoms with Crippen LogP contribution >= 0.6 is 11.6 Å². The van der Waals surface area contributed by atoms with Gasteiger partial charge in [0.25, 0.3) is 11.7 Å². The van der Waals surface area contributed by atoms with Crippen molar-refractivity contribution in [3.63, 3.8) is 0 Å². The molecule has 3 aromatic carbocycles. The fourth-order valence-electron chi connectivity index (χ4n) is 3.74. The molecule has 3 aromatic rings. The van der Waals surface area contributed by atoms with Gasteiger partial charge in [-0.3, -0.25) is 9.59 Å². The van der Waals surface area contributed by atoms with Crippen LogP contribution in [0.2, 0.25) is 5.02 Å². The van der Waals surface area contributed by atoms with E-state index in [0.717, 1.165) is 11.1 Å². The maximum Gasteiger partial charge on any atom is 0.295 e. The first-order chi connectivity index (χ1) is 15.0. The first-order valence-corrected chi connectivity index (χ1v) is 10.1. The number of ether oxygens (including phenoxy) is 1. The highest BCUT2D eigenvalue weighted by Crippen LogP contribution is 2.40. The Morgan fingerprint density at radius 1 is 1.00 bits per heavy atom. The summed E-state index contributed by atoms with van der Waals surface area (Å²) >= 11 is 6.07. The molecular formula is C25H20ClNO4. The molecule has 0 bridgehead atoms. The van der Waals surface area contributed by atoms with Crippen LogP contribution in [0.1, 0.15) is 22.7 Å². The number of Topliss-reactive ketones (excluding diaryl/α,β-unsaturated/α-hetero) is 1. The van der Waals surface area contributed by atoms with Crippen molar-refractivity contribution in [2.24, 2.45) is 0 Å². The molecule has 6 heteroatoms. The van der Waals surface area contributed by atoms with Crippen molar-refractivity contribution in [2.75, 3.05) is 7.11 Å². The number of hydrogen-bond acceptors (Lipinski definition) is 4. The Labute approximate surface area is 185 Å². The number of benzene rings is 3. The van der Waals surface area contributed by atoms with Gasteiger partial charge in [-0.15, -0.1) is 0 Å². The molecule has 1 aliphatic rings. The molecule has 1 saturated heterocycles. The Hall–Kier alpha value is -3.57. The summed E-state index contributed by atoms with van der Waals surface area (Å²) in [4.78, 5) is 27.5. The molecule has 0 radical (unpaired) electrons. The van der Waals surface area contributed by atoms with E-state index >= 15 is 0 Å². The molecule has 0 aromatic heterocycles. The zero-order valence-electron chi connectivity index (χ0n) is 16.8. The number of rotatable bonds is 5. The number of hydrogen-bond donors (Lipinski definition) is 1. The van der Waals surface area contributed by atoms with Crippen LogP contribution in [-0.2, 0) is 16.1 Å². The molecule has 4 rings (SSSR count). The third kappa shape index (κ3) is 4.05. The minimum Gasteiger partial charge on any atom is -0.507 e. The van der Waals surface area contributed by atoms with Gasteiger partial charge in [0.15, 0.2) is 0 Å². The van der Waals surface area contributed by atoms with E-state index in [4.69, 9.17) is 16.3 Å². The van der Waals surface area contributed by atoms with Gasteiger partial charge in [0.1, 0.15) is 11.5 Å². The number of halogens is 1. The van der Waals surface area contributed by atoms with Crippen LogP contribution in [0, 0.1) is 0 Å². The number of ketones is 1. The molecule has 0 saturated carbocycles. The number of aliphatic hydroxyl groups is 1. The van der Waals surface area contributed by atoms with Crippen LogP contribution in [0.5, 0.6) is 5.75 Å². The first kappa shape index (κ1) is 20.7. The molecule has 1 heterocycles. The van der Waals surface area contributed by atoms with Crippen molar-refractivity contribution in [3.05, 3.63) is 106 Å². The summed E-state index contributed by atoms with van der Waals surface area (Å²) in [5, 5.41) is 11.4. The second-order valence-corrected chi connectivity index (χ2v) is 7.63. The monoisotopic (exact) mass is 433 g/mol. The molecule has 0 spiro atoms. The maximum atomic E-state index is 13.0. The van der Waals surface area contributed by atoms with Crippen LogP contribution in [-0.4, -0.2) is 28.8 Å². The second-order valence-electron chi connectivity index (χ2n) is 7.20. The Morgan fingerprint density at radius 3 is 2.35 bits per heavy atom. The number of methoxy groups -OCH3 is 1. The molecule has 1 fully saturated rings. The van der Waals surface area contributed by atoms with E-state index in [9.17, 15) is 14.7 Å². The van der Waals surface area contributed by atoms with Crippen molar-refractivity contribution in [1.29, 1.82) is 0 Å². The highest BCUT2D eigenvalue weighted by atomic mass is 35.5. The molecular weight excluding hydrogens is 414 g/mol. The minimum absolute atomic E-state index is 0.0481. The van der Waals surface area contributed by atoms with Crippen molar-refractivity contribution in [3.8, 4) is 5.75 Å². The molecule has 1 aliphatic heterocycles. The Bertz CT molecular complexity index is 1160. The lowest BCUT2D eigenvalue weighted by molar-refractivity contribution is -0.140. The molecule has 0 aliphatic carbocycles. The largest absolute Gasteiger partial charge is 0.507 e. The van der Waals surface area contributed by atoms with Gasteiger partial charge in [0.05, 0.1) is 18.7 Å². The fraction of sp³-hybridized carbons (Fsp3) is 0.120. The third-order valence-electron chi connectivity index (χ3n) is 5.27. The molecule has 5 nitrogen and oxygen atoms in total. The van der Waals surface area contributed by atoms with Crippen molar-refractivity contribution in [2.45, 2.75) is 12.6 Å². The zero-order valence-corrected chi connectivity index (χ0v) is 17.5. The van der Waals surface area contributed by atoms with Gasteiger partial charge in [-0.25, -0.2) is 0 Å². The van der Waals surface area contributed by atoms with Crippen molar-refractivity contribution >= 4 is 29.1 Å². The quantitative estimate of drug-likeness (QED) is 0.350. The summed E-state index contributed by atoms with van der Waals surface area (Å²) in [5.74, 6) is -0.925. The normalized spacial score (nSPS) is 17.7. The summed E-state index contributed by atoms with van der Waals surface area (Å²) in [6, 6.07) is 22.3. The lowest BCUT2D eigenvalue weighted by Crippen LogP contribution is -2.29. The fourth-order valence-corrected chi connectivity index (χ4v) is 3.93. The molecule has 1 atom stereocenters. The average molecular weight is 434 g/mol. The lowest BCUT2D eigenvalue weighted by Gasteiger charge is -2.25. The summed E-state index contributed by atoms with van der Waals surface area (Å²) in [5.41, 5.74) is 2.01. The van der Waals surface area contributed by atoms with Gasteiger partial charge in [-0.05, 0) is 35.4 Å². The van der Waals surface area contributed by atoms with Crippen LogP contribution in [0.3, 0.4) is 0 Å². The zero-order chi connectivity index (χ0) is 22.0. The van der Waals surface area contributed by atoms with Crippen LogP contribution in [0.15, 0.2) is 84.4 Å². The third-order valence-corrected chi connectivity index (χ3v) is 5.50. The van der Waals surface area contributed by atoms with Gasteiger partial charge in [-0.2, -0.15) is 0 Å². The topological polar surface area (TPSA) is 66.8 Å². The van der Waals surface area contributed by atoms with Crippen LogP contribution < -0.4 is 4.74 Å². The number of nitrogens with zero attached hydrogens (tertiary/aromatic N) is 1. The molecule has 1 unspecified atom stereocenters. The van der Waals surface area contributed by atoms with Gasteiger partial charge < -0.3 is 14.7 Å². The maximum absolute atomic E-state index is 13.0. The van der Waals surface area contributed by atoms with E-state index in [1.54, 1.807) is 43.5 Å². The highest BCUT2D eigenvalue weighted by molar-refractivity contribution is 6.46. The standard InChI is InChI=1S/C25H20ClNO4/c1-31-20-12-10-16(11-13-20)15-27-22(17-6-3-2-4-7-17)21(24(29)25(27)30)23(28)18-8-5-9-19(26)14-18/h2-14,22,28H,15H2,1H3/b23-21-. The lowest BCUT2D eigenvalue weighted by atomic mass is 9.95. The SMILES string of the molecule is COc1ccc(CN2C(=O)C(=O)/C(=C(\O)c3cccc(Cl)c3)C2c2ccccc2)cc1. The molecule has 31 heavy (non-hydrogen) atoms. The summed E-state index contributed by atoms with van der Waals surface area (Å²) in [6.07, 6.45) is 0. The average Bonchev–Trinajstić information content (AvgIpc) is 3.04. The van der Waals surface area contributed by atoms with Crippen LogP contribution in [0.25, 0.3) is 5.76 Å². The van der Waals surface area contributed by atoms with Crippen molar-refractivity contribution < 1.29 is 19.4 Å². The molecule has 1 amide bonds. The number of aliphatic hydroxyl groups excluding tert-OH is 1. The number of amides is 1. The van der Waals surface area contributed by atoms with E-state index < -0.39 is 17.7 Å². The summed E-state index contributed by atoms with van der Waals surface area (Å²) in [7, 11) is 1.58. The number of likely N-dealkylation sites (tertiary alicyclic amines) is 1. The van der Waals surface area contributed by atoms with E-state index in [1.165, 1.54) is 4.90 Å². The van der Waals surface area contributed by atoms with Gasteiger partial charge in [0, 0.05) is 17.1 Å². The highest BCUT2D eigenvalue weighted by Gasteiger charge is 2.46. The summed E-state index contributed by atoms with van der Waals surface area (Å²) < 4.78 is 5.19. The second kappa shape index (κ2) is 8.66. The van der Waals surface area contributed by atoms with Crippen LogP contribution in [0.4, 0.5) is 0 Å². The molecule has 1 N–H and O–H groups in total. The smallest absolute Gasteiger partial charge is 0.295 e. The van der Waals surface area contributed by atoms with E-state index in [0.29, 0.717) is 16.3 Å². The predicted octanol–water partition coefficient (Wildman–Crippen LogP) is 4.97. The van der Waals surface area contributed by atoms with Gasteiger partial charge >= 0.3 is 0 Å². The Balaban J connectivity index is 1.82. The first-order valence-electron chi connectivity index (χ1n) is 9.72. The Kier molecular flexibility index (Phi) is 5.78. The van der Waals surface area contributed by atoms with Gasteiger partial charge in [-0.1, -0.05) is 66.2 Å². The summed E-state index contributed by atoms with van der Waals surface area (Å²) in [6.45, 7) is 0.209. The number of carbonyl (C=O) groups is 2. The van der Waals surface area contributed by atoms with E-state index in [1.807, 2.05) is 42.5 Å². The minimum atomic E-state index is -0.722.